The molecule has 1 aromatic heterocycles. The summed E-state index contributed by atoms with van der Waals surface area (Å²) < 4.78 is 11.5. The number of carboxylic acid groups (broad SMARTS) is 1. The number of piperidine rings is 1. The van der Waals surface area contributed by atoms with E-state index < -0.39 is 11.8 Å². The van der Waals surface area contributed by atoms with Crippen molar-refractivity contribution in [3.05, 3.63) is 36.0 Å². The van der Waals surface area contributed by atoms with Gasteiger partial charge < -0.3 is 19.5 Å². The third-order valence-electron chi connectivity index (χ3n) is 4.66. The second-order valence-electron chi connectivity index (χ2n) is 5.96. The normalized spacial score (nSPS) is 20.3. The van der Waals surface area contributed by atoms with Gasteiger partial charge in [0.25, 0.3) is 0 Å². The minimum atomic E-state index is -0.931. The lowest BCUT2D eigenvalue weighted by Crippen LogP contribution is -2.45. The Hall–Kier alpha value is -2.18. The molecule has 2 aliphatic rings. The van der Waals surface area contributed by atoms with Crippen molar-refractivity contribution in [2.45, 2.75) is 18.6 Å². The van der Waals surface area contributed by atoms with Gasteiger partial charge in [-0.25, -0.2) is 4.79 Å². The minimum absolute atomic E-state index is 0.285. The molecule has 0 unspecified atom stereocenters. The smallest absolute Gasteiger partial charge is 0.336 e. The first-order valence-corrected chi connectivity index (χ1v) is 7.82. The fraction of sp³-hybridized carbons (Fsp3) is 0.412. The monoisotopic (exact) mass is 314 g/mol. The summed E-state index contributed by atoms with van der Waals surface area (Å²) in [5.74, 6) is -1.33. The second-order valence-corrected chi connectivity index (χ2v) is 5.96. The number of rotatable bonds is 2. The van der Waals surface area contributed by atoms with E-state index in [2.05, 4.69) is 9.88 Å². The van der Waals surface area contributed by atoms with Crippen LogP contribution in [0.3, 0.4) is 0 Å². The largest absolute Gasteiger partial charge is 0.478 e. The zero-order chi connectivity index (χ0) is 15.9. The number of fused-ring (bicyclic) bond motifs is 1. The fourth-order valence-electron chi connectivity index (χ4n) is 3.41. The average Bonchev–Trinajstić information content (AvgIpc) is 3.02. The summed E-state index contributed by atoms with van der Waals surface area (Å²) in [6.45, 7) is 3.00. The molecule has 0 atom stereocenters. The number of carboxylic acids is 1. The van der Waals surface area contributed by atoms with Crippen LogP contribution >= 0.6 is 0 Å². The van der Waals surface area contributed by atoms with Crippen LogP contribution in [0.5, 0.6) is 0 Å². The van der Waals surface area contributed by atoms with E-state index in [0.29, 0.717) is 24.1 Å². The van der Waals surface area contributed by atoms with E-state index in [9.17, 15) is 9.90 Å². The van der Waals surface area contributed by atoms with Crippen molar-refractivity contribution >= 4 is 22.6 Å². The number of ether oxygens (including phenoxy) is 2. The predicted molar refractivity (Wildman–Crippen MR) is 84.8 cm³/mol. The number of aromatic nitrogens is 1. The molecule has 2 aromatic rings. The van der Waals surface area contributed by atoms with Gasteiger partial charge >= 0.3 is 5.97 Å². The Bertz CT molecular complexity index is 745. The van der Waals surface area contributed by atoms with Crippen molar-refractivity contribution < 1.29 is 19.4 Å². The summed E-state index contributed by atoms with van der Waals surface area (Å²) in [4.78, 5) is 17.9. The van der Waals surface area contributed by atoms with E-state index in [0.717, 1.165) is 31.6 Å². The maximum atomic E-state index is 11.4. The van der Waals surface area contributed by atoms with Gasteiger partial charge in [-0.1, -0.05) is 0 Å². The molecule has 4 rings (SSSR count). The fourth-order valence-corrected chi connectivity index (χ4v) is 3.41. The van der Waals surface area contributed by atoms with Crippen LogP contribution in [-0.4, -0.2) is 48.2 Å². The molecule has 1 spiro atoms. The number of pyridine rings is 1. The van der Waals surface area contributed by atoms with Crippen LogP contribution in [0.4, 0.5) is 5.69 Å². The predicted octanol–water partition coefficient (Wildman–Crippen LogP) is 2.28. The summed E-state index contributed by atoms with van der Waals surface area (Å²) >= 11 is 0. The molecule has 120 valence electrons. The highest BCUT2D eigenvalue weighted by atomic mass is 16.7. The highest BCUT2D eigenvalue weighted by Gasteiger charge is 2.39. The van der Waals surface area contributed by atoms with Crippen molar-refractivity contribution in [1.29, 1.82) is 0 Å². The molecule has 0 saturated carbocycles. The van der Waals surface area contributed by atoms with Crippen molar-refractivity contribution in [2.24, 2.45) is 0 Å². The molecule has 1 aromatic carbocycles. The number of carbonyl (C=O) groups is 1. The summed E-state index contributed by atoms with van der Waals surface area (Å²) in [6.07, 6.45) is 3.18. The van der Waals surface area contributed by atoms with E-state index in [-0.39, 0.29) is 5.56 Å². The molecule has 6 nitrogen and oxygen atoms in total. The maximum absolute atomic E-state index is 11.4. The van der Waals surface area contributed by atoms with Crippen molar-refractivity contribution in [3.8, 4) is 0 Å². The number of hydrogen-bond acceptors (Lipinski definition) is 5. The van der Waals surface area contributed by atoms with Crippen LogP contribution in [0.1, 0.15) is 23.2 Å². The molecule has 0 amide bonds. The molecule has 0 aliphatic carbocycles. The van der Waals surface area contributed by atoms with Gasteiger partial charge in [-0.05, 0) is 24.3 Å². The zero-order valence-corrected chi connectivity index (χ0v) is 12.7. The minimum Gasteiger partial charge on any atom is -0.478 e. The third-order valence-corrected chi connectivity index (χ3v) is 4.66. The molecular formula is C17H18N2O4. The van der Waals surface area contributed by atoms with Crippen LogP contribution < -0.4 is 4.90 Å². The van der Waals surface area contributed by atoms with Crippen LogP contribution in [0, 0.1) is 0 Å². The van der Waals surface area contributed by atoms with Crippen LogP contribution in [0.25, 0.3) is 10.9 Å². The molecule has 6 heteroatoms. The first-order chi connectivity index (χ1) is 11.2. The molecule has 0 bridgehead atoms. The molecule has 2 saturated heterocycles. The Morgan fingerprint density at radius 2 is 1.91 bits per heavy atom. The second kappa shape index (κ2) is 5.47. The summed E-state index contributed by atoms with van der Waals surface area (Å²) in [7, 11) is 0. The van der Waals surface area contributed by atoms with E-state index in [1.807, 2.05) is 18.2 Å². The number of anilines is 1. The van der Waals surface area contributed by atoms with Crippen LogP contribution in [0.2, 0.25) is 0 Å². The molecule has 0 radical (unpaired) electrons. The Labute approximate surface area is 133 Å². The van der Waals surface area contributed by atoms with E-state index in [4.69, 9.17) is 9.47 Å². The first-order valence-electron chi connectivity index (χ1n) is 7.82. The molecule has 3 heterocycles. The van der Waals surface area contributed by atoms with E-state index in [1.165, 1.54) is 6.20 Å². The summed E-state index contributed by atoms with van der Waals surface area (Å²) in [6, 6.07) is 7.33. The van der Waals surface area contributed by atoms with Gasteiger partial charge in [-0.3, -0.25) is 4.98 Å². The van der Waals surface area contributed by atoms with Gasteiger partial charge in [0.2, 0.25) is 0 Å². The number of benzene rings is 1. The summed E-state index contributed by atoms with van der Waals surface area (Å²) in [5, 5.41) is 10.0. The van der Waals surface area contributed by atoms with Crippen LogP contribution in [-0.2, 0) is 9.47 Å². The first kappa shape index (κ1) is 14.4. The Kier molecular flexibility index (Phi) is 3.43. The molecular weight excluding hydrogens is 296 g/mol. The van der Waals surface area contributed by atoms with E-state index in [1.54, 1.807) is 6.07 Å². The van der Waals surface area contributed by atoms with Gasteiger partial charge in [0.15, 0.2) is 5.79 Å². The highest BCUT2D eigenvalue weighted by Crippen LogP contribution is 2.34. The lowest BCUT2D eigenvalue weighted by Gasteiger charge is -2.38. The SMILES string of the molecule is O=C(O)c1ccnc2ccc(N3CCC4(CC3)OCCO4)cc12. The number of aromatic carboxylic acids is 1. The van der Waals surface area contributed by atoms with Crippen molar-refractivity contribution in [3.63, 3.8) is 0 Å². The molecule has 23 heavy (non-hydrogen) atoms. The number of hydrogen-bond donors (Lipinski definition) is 1. The number of nitrogens with zero attached hydrogens (tertiary/aromatic N) is 2. The highest BCUT2D eigenvalue weighted by molar-refractivity contribution is 6.03. The lowest BCUT2D eigenvalue weighted by atomic mass is 10.0. The van der Waals surface area contributed by atoms with Gasteiger partial charge in [0.05, 0.1) is 24.3 Å². The Balaban J connectivity index is 1.62. The van der Waals surface area contributed by atoms with Crippen molar-refractivity contribution in [1.82, 2.24) is 4.98 Å². The lowest BCUT2D eigenvalue weighted by molar-refractivity contribution is -0.169. The third kappa shape index (κ3) is 2.54. The topological polar surface area (TPSA) is 71.9 Å². The van der Waals surface area contributed by atoms with Gasteiger partial charge in [-0.2, -0.15) is 0 Å². The van der Waals surface area contributed by atoms with Crippen LogP contribution in [0.15, 0.2) is 30.5 Å². The molecule has 2 aliphatic heterocycles. The van der Waals surface area contributed by atoms with Gasteiger partial charge in [0.1, 0.15) is 0 Å². The van der Waals surface area contributed by atoms with Gasteiger partial charge in [-0.15, -0.1) is 0 Å². The quantitative estimate of drug-likeness (QED) is 0.917. The molecule has 2 fully saturated rings. The van der Waals surface area contributed by atoms with E-state index >= 15 is 0 Å². The zero-order valence-electron chi connectivity index (χ0n) is 12.7. The maximum Gasteiger partial charge on any atom is 0.336 e. The summed E-state index contributed by atoms with van der Waals surface area (Å²) in [5.41, 5.74) is 2.00. The Morgan fingerprint density at radius 1 is 1.17 bits per heavy atom. The Morgan fingerprint density at radius 3 is 2.61 bits per heavy atom. The average molecular weight is 314 g/mol. The molecule has 1 N–H and O–H groups in total. The van der Waals surface area contributed by atoms with Gasteiger partial charge in [0, 0.05) is 43.2 Å². The van der Waals surface area contributed by atoms with Crippen molar-refractivity contribution in [2.75, 3.05) is 31.2 Å². The standard InChI is InChI=1S/C17H18N2O4/c20-16(21)13-3-6-18-15-2-1-12(11-14(13)15)19-7-4-17(5-8-19)22-9-10-23-17/h1-3,6,11H,4-5,7-10H2,(H,20,21).